The Labute approximate surface area is 315 Å². The first-order valence-electron chi connectivity index (χ1n) is 17.4. The van der Waals surface area contributed by atoms with Crippen molar-refractivity contribution in [3.63, 3.8) is 0 Å². The molecule has 5 rings (SSSR count). The highest BCUT2D eigenvalue weighted by Gasteiger charge is 2.54. The summed E-state index contributed by atoms with van der Waals surface area (Å²) in [6.07, 6.45) is -16.3. The van der Waals surface area contributed by atoms with Crippen LogP contribution in [0.5, 0.6) is 23.0 Å². The molecule has 19 heteroatoms. The number of carbonyl (C=O) groups is 1. The molecule has 306 valence electrons. The number of aliphatic hydroxyl groups excluding tert-OH is 6. The minimum Gasteiger partial charge on any atom is -0.504 e. The van der Waals surface area contributed by atoms with Gasteiger partial charge in [-0.1, -0.05) is 12.1 Å². The van der Waals surface area contributed by atoms with Gasteiger partial charge >= 0.3 is 5.97 Å². The van der Waals surface area contributed by atoms with Crippen LogP contribution in [-0.2, 0) is 44.4 Å². The second-order valence-electron chi connectivity index (χ2n) is 13.3. The van der Waals surface area contributed by atoms with Crippen molar-refractivity contribution in [2.75, 3.05) is 40.6 Å². The molecule has 0 saturated carbocycles. The van der Waals surface area contributed by atoms with Gasteiger partial charge in [0, 0.05) is 6.08 Å². The maximum Gasteiger partial charge on any atom is 0.331 e. The number of esters is 1. The SMILES string of the molecule is COc1cc(C=CC(=O)OC2C(COC3OCC(O)(CO)C3O)OC(OCCc3ccc(O)c(OC)c3)C(O)C2OC2OC(C)C(O)C(O)C2O)ccc1O. The summed E-state index contributed by atoms with van der Waals surface area (Å²) in [6.45, 7) is -0.557. The monoisotopic (exact) mass is 784 g/mol. The van der Waals surface area contributed by atoms with Crippen molar-refractivity contribution in [2.45, 2.75) is 92.8 Å². The molecular weight excluding hydrogens is 736 g/mol. The number of hydrogen-bond donors (Lipinski definition) is 9. The average molecular weight is 785 g/mol. The Hall–Kier alpha value is -3.67. The van der Waals surface area contributed by atoms with Crippen molar-refractivity contribution in [1.29, 1.82) is 0 Å². The highest BCUT2D eigenvalue weighted by atomic mass is 16.8. The number of phenols is 2. The normalized spacial score (nSPS) is 35.2. The van der Waals surface area contributed by atoms with E-state index in [9.17, 15) is 50.8 Å². The number of aliphatic hydroxyl groups is 7. The summed E-state index contributed by atoms with van der Waals surface area (Å²) in [7, 11) is 2.74. The van der Waals surface area contributed by atoms with Crippen LogP contribution >= 0.6 is 0 Å². The largest absolute Gasteiger partial charge is 0.504 e. The van der Waals surface area contributed by atoms with Gasteiger partial charge in [0.05, 0.1) is 46.8 Å². The molecule has 0 bridgehead atoms. The van der Waals surface area contributed by atoms with Gasteiger partial charge in [-0.25, -0.2) is 4.79 Å². The lowest BCUT2D eigenvalue weighted by Gasteiger charge is -2.46. The van der Waals surface area contributed by atoms with E-state index in [1.807, 2.05) is 0 Å². The summed E-state index contributed by atoms with van der Waals surface area (Å²) < 4.78 is 50.8. The molecule has 55 heavy (non-hydrogen) atoms. The number of carbonyl (C=O) groups excluding carboxylic acids is 1. The van der Waals surface area contributed by atoms with Crippen LogP contribution in [0.15, 0.2) is 42.5 Å². The fourth-order valence-electron chi connectivity index (χ4n) is 6.17. The number of phenolic OH excluding ortho intramolecular Hbond substituents is 2. The molecule has 0 radical (unpaired) electrons. The number of rotatable bonds is 15. The van der Waals surface area contributed by atoms with Crippen LogP contribution in [0.4, 0.5) is 0 Å². The lowest BCUT2D eigenvalue weighted by Crippen LogP contribution is -2.65. The van der Waals surface area contributed by atoms with Gasteiger partial charge in [0.1, 0.15) is 48.3 Å². The van der Waals surface area contributed by atoms with Gasteiger partial charge in [-0.3, -0.25) is 0 Å². The number of benzene rings is 2. The summed E-state index contributed by atoms with van der Waals surface area (Å²) >= 11 is 0. The van der Waals surface area contributed by atoms with Gasteiger partial charge in [0.2, 0.25) is 0 Å². The van der Waals surface area contributed by atoms with E-state index in [4.69, 9.17) is 42.6 Å². The van der Waals surface area contributed by atoms with Crippen LogP contribution in [0.1, 0.15) is 18.1 Å². The smallest absolute Gasteiger partial charge is 0.331 e. The first-order valence-corrected chi connectivity index (χ1v) is 17.4. The van der Waals surface area contributed by atoms with Crippen molar-refractivity contribution in [1.82, 2.24) is 0 Å². The highest BCUT2D eigenvalue weighted by Crippen LogP contribution is 2.34. The minimum absolute atomic E-state index is 0.0767. The Morgan fingerprint density at radius 3 is 2.22 bits per heavy atom. The van der Waals surface area contributed by atoms with Gasteiger partial charge in [0.25, 0.3) is 0 Å². The van der Waals surface area contributed by atoms with Gasteiger partial charge in [-0.15, -0.1) is 0 Å². The Morgan fingerprint density at radius 1 is 0.855 bits per heavy atom. The van der Waals surface area contributed by atoms with E-state index in [1.54, 1.807) is 12.1 Å². The first kappa shape index (κ1) is 42.5. The highest BCUT2D eigenvalue weighted by molar-refractivity contribution is 5.87. The van der Waals surface area contributed by atoms with Crippen molar-refractivity contribution >= 4 is 12.0 Å². The third-order valence-corrected chi connectivity index (χ3v) is 9.50. The number of ether oxygens (including phenoxy) is 9. The summed E-state index contributed by atoms with van der Waals surface area (Å²) in [5.74, 6) is -0.847. The quantitative estimate of drug-likeness (QED) is 0.0701. The Morgan fingerprint density at radius 2 is 1.55 bits per heavy atom. The molecule has 0 spiro atoms. The number of hydrogen-bond acceptors (Lipinski definition) is 19. The van der Waals surface area contributed by atoms with Crippen LogP contribution in [0.25, 0.3) is 6.08 Å². The number of methoxy groups -OCH3 is 2. The van der Waals surface area contributed by atoms with Crippen LogP contribution in [0.3, 0.4) is 0 Å². The molecule has 2 aromatic carbocycles. The Balaban J connectivity index is 1.42. The minimum atomic E-state index is -2.04. The van der Waals surface area contributed by atoms with E-state index in [0.29, 0.717) is 11.1 Å². The standard InChI is InChI=1S/C36H48O19/c1-17-26(41)27(42)28(43)34(52-17)55-31-29(44)33(49-11-10-19-5-8-21(39)23(13-19)48-3)53-24(14-50-35-32(45)36(46,15-37)16-51-35)30(31)54-25(40)9-6-18-4-7-20(38)22(12-18)47-2/h4-9,12-13,17,24,26-35,37-39,41-46H,10-11,14-16H2,1-3H3. The predicted molar refractivity (Wildman–Crippen MR) is 184 cm³/mol. The number of aromatic hydroxyl groups is 2. The molecule has 0 aliphatic carbocycles. The second-order valence-corrected chi connectivity index (χ2v) is 13.3. The topological polar surface area (TPSA) is 282 Å². The van der Waals surface area contributed by atoms with E-state index in [-0.39, 0.29) is 36.0 Å². The molecule has 3 saturated heterocycles. The van der Waals surface area contributed by atoms with Gasteiger partial charge in [-0.2, -0.15) is 0 Å². The molecule has 13 atom stereocenters. The molecular formula is C36H48O19. The molecule has 2 aromatic rings. The third kappa shape index (κ3) is 9.84. The molecule has 9 N–H and O–H groups in total. The second kappa shape index (κ2) is 18.5. The van der Waals surface area contributed by atoms with Crippen LogP contribution in [0.2, 0.25) is 0 Å². The lowest BCUT2D eigenvalue weighted by molar-refractivity contribution is -0.360. The molecule has 3 heterocycles. The fraction of sp³-hybridized carbons (Fsp3) is 0.583. The van der Waals surface area contributed by atoms with Crippen molar-refractivity contribution in [3.8, 4) is 23.0 Å². The molecule has 3 fully saturated rings. The Kier molecular flexibility index (Phi) is 14.3. The van der Waals surface area contributed by atoms with E-state index in [2.05, 4.69) is 0 Å². The zero-order valence-corrected chi connectivity index (χ0v) is 30.2. The van der Waals surface area contributed by atoms with Crippen LogP contribution < -0.4 is 9.47 Å². The third-order valence-electron chi connectivity index (χ3n) is 9.50. The molecule has 0 aromatic heterocycles. The zero-order chi connectivity index (χ0) is 40.0. The predicted octanol–water partition coefficient (Wildman–Crippen LogP) is -1.94. The van der Waals surface area contributed by atoms with Gasteiger partial charge in [0.15, 0.2) is 48.0 Å². The van der Waals surface area contributed by atoms with Crippen LogP contribution in [-0.4, -0.2) is 172 Å². The molecule has 3 aliphatic heterocycles. The summed E-state index contributed by atoms with van der Waals surface area (Å²) in [5.41, 5.74) is -0.920. The first-order chi connectivity index (χ1) is 26.2. The molecule has 3 aliphatic rings. The maximum absolute atomic E-state index is 13.4. The molecule has 0 amide bonds. The molecule has 19 nitrogen and oxygen atoms in total. The van der Waals surface area contributed by atoms with E-state index < -0.39 is 105 Å². The van der Waals surface area contributed by atoms with Crippen molar-refractivity contribution < 1.29 is 93.4 Å². The Bertz CT molecular complexity index is 1610. The van der Waals surface area contributed by atoms with E-state index >= 15 is 0 Å². The fourth-order valence-corrected chi connectivity index (χ4v) is 6.17. The maximum atomic E-state index is 13.4. The lowest BCUT2D eigenvalue weighted by atomic mass is 9.96. The van der Waals surface area contributed by atoms with Gasteiger partial charge < -0.3 is 88.6 Å². The van der Waals surface area contributed by atoms with Crippen molar-refractivity contribution in [2.24, 2.45) is 0 Å². The van der Waals surface area contributed by atoms with Crippen molar-refractivity contribution in [3.05, 3.63) is 53.6 Å². The summed E-state index contributed by atoms with van der Waals surface area (Å²) in [4.78, 5) is 13.4. The summed E-state index contributed by atoms with van der Waals surface area (Å²) in [6, 6.07) is 8.94. The molecule has 13 unspecified atom stereocenters. The average Bonchev–Trinajstić information content (AvgIpc) is 3.47. The van der Waals surface area contributed by atoms with E-state index in [0.717, 1.165) is 6.08 Å². The summed E-state index contributed by atoms with van der Waals surface area (Å²) in [5, 5.41) is 93.8. The zero-order valence-electron chi connectivity index (χ0n) is 30.2. The van der Waals surface area contributed by atoms with Gasteiger partial charge in [-0.05, 0) is 54.8 Å². The van der Waals surface area contributed by atoms with Crippen LogP contribution in [0, 0.1) is 0 Å². The van der Waals surface area contributed by atoms with E-state index in [1.165, 1.54) is 51.5 Å².